The maximum Gasteiger partial charge on any atom is 0.278 e. The Balaban J connectivity index is 1.56. The van der Waals surface area contributed by atoms with Gasteiger partial charge in [0, 0.05) is 11.4 Å². The predicted molar refractivity (Wildman–Crippen MR) is 157 cm³/mol. The Bertz CT molecular complexity index is 1710. The molecule has 192 valence electrons. The van der Waals surface area contributed by atoms with Crippen molar-refractivity contribution < 1.29 is 9.53 Å². The fourth-order valence-electron chi connectivity index (χ4n) is 3.89. The van der Waals surface area contributed by atoms with Crippen molar-refractivity contribution in [3.8, 4) is 17.1 Å². The lowest BCUT2D eigenvalue weighted by Gasteiger charge is -2.13. The van der Waals surface area contributed by atoms with E-state index in [4.69, 9.17) is 21.9 Å². The van der Waals surface area contributed by atoms with Gasteiger partial charge in [-0.25, -0.2) is 4.98 Å². The number of aromatic nitrogens is 3. The van der Waals surface area contributed by atoms with Crippen LogP contribution in [0.25, 0.3) is 21.7 Å². The number of benzene rings is 3. The zero-order valence-corrected chi connectivity index (χ0v) is 23.2. The molecule has 2 aromatic heterocycles. The van der Waals surface area contributed by atoms with Crippen molar-refractivity contribution in [2.75, 3.05) is 17.7 Å². The summed E-state index contributed by atoms with van der Waals surface area (Å²) in [6.45, 7) is 4.49. The van der Waals surface area contributed by atoms with E-state index < -0.39 is 0 Å². The van der Waals surface area contributed by atoms with E-state index in [0.29, 0.717) is 37.4 Å². The molecule has 0 atom stereocenters. The predicted octanol–water partition coefficient (Wildman–Crippen LogP) is 6.41. The Kier molecular flexibility index (Phi) is 7.73. The van der Waals surface area contributed by atoms with Gasteiger partial charge in [-0.05, 0) is 74.6 Å². The van der Waals surface area contributed by atoms with Crippen molar-refractivity contribution >= 4 is 57.3 Å². The molecule has 0 bridgehead atoms. The van der Waals surface area contributed by atoms with Crippen LogP contribution < -0.4 is 15.6 Å². The molecule has 0 unspecified atom stereocenters. The van der Waals surface area contributed by atoms with Crippen LogP contribution in [0.5, 0.6) is 5.75 Å². The number of thiazole rings is 1. The number of aryl methyl sites for hydroxylation is 1. The average Bonchev–Trinajstić information content (AvgIpc) is 3.26. The van der Waals surface area contributed by atoms with Gasteiger partial charge < -0.3 is 10.1 Å². The molecule has 3 aromatic carbocycles. The number of fused-ring (bicyclic) bond motifs is 1. The summed E-state index contributed by atoms with van der Waals surface area (Å²) < 4.78 is 9.84. The summed E-state index contributed by atoms with van der Waals surface area (Å²) in [5.74, 6) is 0.631. The molecule has 0 saturated heterocycles. The third kappa shape index (κ3) is 5.42. The number of hydrogen-bond acceptors (Lipinski definition) is 7. The first kappa shape index (κ1) is 25.9. The molecular formula is C28H24N4O3S3. The normalized spacial score (nSPS) is 11.0. The third-order valence-electron chi connectivity index (χ3n) is 5.67. The van der Waals surface area contributed by atoms with Crippen molar-refractivity contribution in [1.82, 2.24) is 14.1 Å². The Labute approximate surface area is 232 Å². The van der Waals surface area contributed by atoms with Crippen LogP contribution in [0.1, 0.15) is 12.5 Å². The van der Waals surface area contributed by atoms with E-state index in [0.717, 1.165) is 17.0 Å². The maximum atomic E-state index is 13.8. The quantitative estimate of drug-likeness (QED) is 0.134. The molecule has 0 fully saturated rings. The molecule has 5 aromatic rings. The van der Waals surface area contributed by atoms with Crippen LogP contribution in [0.15, 0.2) is 88.8 Å². The topological polar surface area (TPSA) is 78.1 Å². The number of carbonyl (C=O) groups excluding carboxylic acids is 1. The highest BCUT2D eigenvalue weighted by molar-refractivity contribution is 7.99. The standard InChI is InChI=1S/C28H24N4O3S3/c1-3-35-22-15-13-21(14-16-22)31-25-24(38-28(31)36)26(34)32(20-7-5-4-6-8-20)27(30-25)37-17-23(33)29-19-11-9-18(2)10-12-19/h4-16H,3,17H2,1-2H3,(H,29,33). The molecule has 0 saturated carbocycles. The molecule has 2 heterocycles. The molecule has 38 heavy (non-hydrogen) atoms. The van der Waals surface area contributed by atoms with Gasteiger partial charge in [0.05, 0.1) is 18.0 Å². The fraction of sp³-hybridized carbons (Fsp3) is 0.143. The van der Waals surface area contributed by atoms with Gasteiger partial charge in [-0.3, -0.25) is 18.7 Å². The molecule has 0 radical (unpaired) electrons. The Morgan fingerprint density at radius 2 is 1.68 bits per heavy atom. The maximum absolute atomic E-state index is 13.8. The summed E-state index contributed by atoms with van der Waals surface area (Å²) in [6, 6.07) is 24.4. The first-order chi connectivity index (χ1) is 18.4. The van der Waals surface area contributed by atoms with Crippen LogP contribution in [0, 0.1) is 10.9 Å². The molecule has 0 aliphatic carbocycles. The number of amides is 1. The smallest absolute Gasteiger partial charge is 0.278 e. The number of nitrogens with one attached hydrogen (secondary N) is 1. The largest absolute Gasteiger partial charge is 0.494 e. The molecule has 0 aliphatic rings. The monoisotopic (exact) mass is 560 g/mol. The van der Waals surface area contributed by atoms with Crippen molar-refractivity contribution in [2.45, 2.75) is 19.0 Å². The minimum atomic E-state index is -0.233. The van der Waals surface area contributed by atoms with Gasteiger partial charge in [0.15, 0.2) is 14.8 Å². The van der Waals surface area contributed by atoms with Crippen molar-refractivity contribution in [3.63, 3.8) is 0 Å². The Morgan fingerprint density at radius 3 is 2.37 bits per heavy atom. The van der Waals surface area contributed by atoms with E-state index >= 15 is 0 Å². The average molecular weight is 561 g/mol. The molecule has 1 N–H and O–H groups in total. The van der Waals surface area contributed by atoms with Crippen molar-refractivity contribution in [1.29, 1.82) is 0 Å². The van der Waals surface area contributed by atoms with Crippen LogP contribution in [-0.2, 0) is 4.79 Å². The van der Waals surface area contributed by atoms with Crippen molar-refractivity contribution in [3.05, 3.63) is 98.7 Å². The highest BCUT2D eigenvalue weighted by atomic mass is 32.2. The lowest BCUT2D eigenvalue weighted by molar-refractivity contribution is -0.113. The molecule has 7 nitrogen and oxygen atoms in total. The van der Waals surface area contributed by atoms with Gasteiger partial charge >= 0.3 is 0 Å². The lowest BCUT2D eigenvalue weighted by Crippen LogP contribution is -2.22. The molecule has 10 heteroatoms. The highest BCUT2D eigenvalue weighted by Crippen LogP contribution is 2.28. The summed E-state index contributed by atoms with van der Waals surface area (Å²) in [7, 11) is 0. The van der Waals surface area contributed by atoms with E-state index in [-0.39, 0.29) is 17.2 Å². The molecule has 5 rings (SSSR count). The van der Waals surface area contributed by atoms with Gasteiger partial charge in [0.2, 0.25) is 5.91 Å². The Morgan fingerprint density at radius 1 is 1.00 bits per heavy atom. The molecule has 0 spiro atoms. The second-order valence-electron chi connectivity index (χ2n) is 8.36. The van der Waals surface area contributed by atoms with Crippen LogP contribution in [-0.4, -0.2) is 32.4 Å². The van der Waals surface area contributed by atoms with Gasteiger partial charge in [-0.1, -0.05) is 59.0 Å². The number of anilines is 1. The minimum Gasteiger partial charge on any atom is -0.494 e. The summed E-state index contributed by atoms with van der Waals surface area (Å²) in [5.41, 5.74) is 3.50. The second-order valence-corrected chi connectivity index (χ2v) is 10.9. The van der Waals surface area contributed by atoms with Crippen LogP contribution >= 0.6 is 35.3 Å². The van der Waals surface area contributed by atoms with Crippen LogP contribution in [0.2, 0.25) is 0 Å². The van der Waals surface area contributed by atoms with Gasteiger partial charge in [-0.2, -0.15) is 0 Å². The van der Waals surface area contributed by atoms with E-state index in [2.05, 4.69) is 5.32 Å². The molecule has 0 aliphatic heterocycles. The highest BCUT2D eigenvalue weighted by Gasteiger charge is 2.20. The number of hydrogen-bond donors (Lipinski definition) is 1. The minimum absolute atomic E-state index is 0.0760. The van der Waals surface area contributed by atoms with E-state index in [9.17, 15) is 9.59 Å². The lowest BCUT2D eigenvalue weighted by atomic mass is 10.2. The number of rotatable bonds is 8. The van der Waals surface area contributed by atoms with Crippen LogP contribution in [0.3, 0.4) is 0 Å². The summed E-state index contributed by atoms with van der Waals surface area (Å²) in [5, 5.41) is 3.30. The van der Waals surface area contributed by atoms with Gasteiger partial charge in [0.25, 0.3) is 5.56 Å². The number of para-hydroxylation sites is 1. The summed E-state index contributed by atoms with van der Waals surface area (Å²) in [6.07, 6.45) is 0. The third-order valence-corrected chi connectivity index (χ3v) is 7.95. The Hall–Kier alpha value is -3.73. The summed E-state index contributed by atoms with van der Waals surface area (Å²) in [4.78, 5) is 31.4. The second kappa shape index (κ2) is 11.3. The van der Waals surface area contributed by atoms with E-state index in [1.807, 2.05) is 92.7 Å². The van der Waals surface area contributed by atoms with Gasteiger partial charge in [0.1, 0.15) is 10.4 Å². The van der Waals surface area contributed by atoms with Crippen LogP contribution in [0.4, 0.5) is 5.69 Å². The number of nitrogens with zero attached hydrogens (tertiary/aromatic N) is 3. The van der Waals surface area contributed by atoms with E-state index in [1.54, 1.807) is 9.13 Å². The van der Waals surface area contributed by atoms with Crippen molar-refractivity contribution in [2.24, 2.45) is 0 Å². The number of ether oxygens (including phenoxy) is 1. The fourth-order valence-corrected chi connectivity index (χ4v) is 5.99. The number of thioether (sulfide) groups is 1. The zero-order valence-electron chi connectivity index (χ0n) is 20.7. The van der Waals surface area contributed by atoms with E-state index in [1.165, 1.54) is 23.1 Å². The molecule has 1 amide bonds. The first-order valence-corrected chi connectivity index (χ1v) is 14.1. The molecular weight excluding hydrogens is 537 g/mol. The number of carbonyl (C=O) groups is 1. The summed E-state index contributed by atoms with van der Waals surface area (Å²) >= 11 is 8.08. The first-order valence-electron chi connectivity index (χ1n) is 11.9. The SMILES string of the molecule is CCOc1ccc(-n2c(=S)sc3c(=O)n(-c4ccccc4)c(SCC(=O)Nc4ccc(C)cc4)nc32)cc1. The van der Waals surface area contributed by atoms with Gasteiger partial charge in [-0.15, -0.1) is 0 Å². The zero-order chi connectivity index (χ0) is 26.6.